The van der Waals surface area contributed by atoms with Gasteiger partial charge in [0.2, 0.25) is 0 Å². The van der Waals surface area contributed by atoms with Crippen molar-refractivity contribution in [3.63, 3.8) is 0 Å². The van der Waals surface area contributed by atoms with E-state index in [2.05, 4.69) is 15.2 Å². The maximum Gasteiger partial charge on any atom is 0.288 e. The first-order valence-corrected chi connectivity index (χ1v) is 5.66. The number of rotatable bonds is 3. The number of aryl methyl sites for hydroxylation is 1. The molecular formula is C10H9ClN6O3. The molecule has 2 heterocycles. The van der Waals surface area contributed by atoms with Gasteiger partial charge in [0.15, 0.2) is 11.7 Å². The smallest absolute Gasteiger partial charge is 0.288 e. The fourth-order valence-electron chi connectivity index (χ4n) is 1.52. The third-order valence-corrected chi connectivity index (χ3v) is 2.87. The van der Waals surface area contributed by atoms with E-state index in [0.717, 1.165) is 12.3 Å². The van der Waals surface area contributed by atoms with Crippen molar-refractivity contribution in [1.82, 2.24) is 14.8 Å². The summed E-state index contributed by atoms with van der Waals surface area (Å²) in [4.78, 5) is 14.0. The molecule has 9 nitrogen and oxygen atoms in total. The molecule has 0 aromatic carbocycles. The van der Waals surface area contributed by atoms with Crippen molar-refractivity contribution in [2.75, 3.05) is 0 Å². The Balaban J connectivity index is 2.66. The normalized spacial score (nSPS) is 11.6. The highest BCUT2D eigenvalue weighted by molar-refractivity contribution is 6.31. The van der Waals surface area contributed by atoms with Gasteiger partial charge in [-0.1, -0.05) is 16.8 Å². The number of nitro groups is 1. The fourth-order valence-corrected chi connectivity index (χ4v) is 1.65. The van der Waals surface area contributed by atoms with Crippen LogP contribution in [-0.4, -0.2) is 30.7 Å². The summed E-state index contributed by atoms with van der Waals surface area (Å²) in [5.41, 5.74) is 5.85. The molecule has 0 saturated carbocycles. The number of hydrogen-bond acceptors (Lipinski definition) is 6. The largest absolute Gasteiger partial charge is 0.409 e. The molecule has 0 aliphatic carbocycles. The van der Waals surface area contributed by atoms with Gasteiger partial charge >= 0.3 is 0 Å². The van der Waals surface area contributed by atoms with Crippen LogP contribution in [0.5, 0.6) is 0 Å². The van der Waals surface area contributed by atoms with Crippen molar-refractivity contribution in [2.24, 2.45) is 10.9 Å². The summed E-state index contributed by atoms with van der Waals surface area (Å²) in [5.74, 6) is -0.152. The van der Waals surface area contributed by atoms with E-state index in [4.69, 9.17) is 22.5 Å². The Morgan fingerprint density at radius 3 is 2.85 bits per heavy atom. The van der Waals surface area contributed by atoms with Gasteiger partial charge in [-0.15, -0.1) is 0 Å². The molecule has 0 atom stereocenters. The molecule has 104 valence electrons. The van der Waals surface area contributed by atoms with E-state index in [0.29, 0.717) is 10.7 Å². The van der Waals surface area contributed by atoms with Crippen LogP contribution in [0.1, 0.15) is 11.3 Å². The summed E-state index contributed by atoms with van der Waals surface area (Å²) in [6, 6.07) is 1.14. The molecule has 0 unspecified atom stereocenters. The van der Waals surface area contributed by atoms with Crippen LogP contribution >= 0.6 is 11.6 Å². The molecule has 0 radical (unpaired) electrons. The minimum atomic E-state index is -0.633. The Labute approximate surface area is 117 Å². The number of nitrogens with two attached hydrogens (primary N) is 1. The van der Waals surface area contributed by atoms with E-state index in [-0.39, 0.29) is 22.9 Å². The molecule has 2 aromatic heterocycles. The molecule has 3 N–H and O–H groups in total. The standard InChI is InChI=1S/C10H9ClN6O3/c1-5-8(11)4-16(14-5)10-7(9(12)15-18)2-6(3-13-10)17(19)20/h2-4,18H,1H3,(H2,12,15). The molecular weight excluding hydrogens is 288 g/mol. The molecule has 20 heavy (non-hydrogen) atoms. The molecule has 0 fully saturated rings. The van der Waals surface area contributed by atoms with E-state index >= 15 is 0 Å². The predicted molar refractivity (Wildman–Crippen MR) is 70.3 cm³/mol. The van der Waals surface area contributed by atoms with Crippen LogP contribution in [0, 0.1) is 17.0 Å². The predicted octanol–water partition coefficient (Wildman–Crippen LogP) is 1.23. The Bertz CT molecular complexity index is 692. The van der Waals surface area contributed by atoms with Gasteiger partial charge in [-0.25, -0.2) is 9.67 Å². The van der Waals surface area contributed by atoms with Crippen molar-refractivity contribution >= 4 is 23.1 Å². The highest BCUT2D eigenvalue weighted by Gasteiger charge is 2.18. The van der Waals surface area contributed by atoms with Gasteiger partial charge in [0.25, 0.3) is 5.69 Å². The molecule has 0 saturated heterocycles. The highest BCUT2D eigenvalue weighted by Crippen LogP contribution is 2.21. The monoisotopic (exact) mass is 296 g/mol. The highest BCUT2D eigenvalue weighted by atomic mass is 35.5. The molecule has 2 aromatic rings. The second-order valence-electron chi connectivity index (χ2n) is 3.81. The zero-order chi connectivity index (χ0) is 14.9. The van der Waals surface area contributed by atoms with Gasteiger partial charge in [-0.05, 0) is 6.92 Å². The Morgan fingerprint density at radius 1 is 1.65 bits per heavy atom. The Kier molecular flexibility index (Phi) is 3.53. The summed E-state index contributed by atoms with van der Waals surface area (Å²) in [6.45, 7) is 1.69. The number of hydrogen-bond donors (Lipinski definition) is 2. The first-order chi connectivity index (χ1) is 9.43. The van der Waals surface area contributed by atoms with E-state index in [9.17, 15) is 10.1 Å². The first-order valence-electron chi connectivity index (χ1n) is 5.28. The summed E-state index contributed by atoms with van der Waals surface area (Å²) < 4.78 is 1.30. The maximum atomic E-state index is 10.7. The van der Waals surface area contributed by atoms with Gasteiger partial charge in [-0.3, -0.25) is 10.1 Å². The van der Waals surface area contributed by atoms with Crippen LogP contribution in [0.2, 0.25) is 5.02 Å². The number of aromatic nitrogens is 3. The maximum absolute atomic E-state index is 10.7. The van der Waals surface area contributed by atoms with E-state index < -0.39 is 4.92 Å². The molecule has 0 aliphatic heterocycles. The van der Waals surface area contributed by atoms with E-state index in [1.165, 1.54) is 10.9 Å². The quantitative estimate of drug-likeness (QED) is 0.288. The minimum absolute atomic E-state index is 0.0702. The summed E-state index contributed by atoms with van der Waals surface area (Å²) in [6.07, 6.45) is 2.52. The number of nitrogens with zero attached hydrogens (tertiary/aromatic N) is 5. The van der Waals surface area contributed by atoms with Gasteiger partial charge in [0.1, 0.15) is 6.20 Å². The molecule has 0 amide bonds. The third kappa shape index (κ3) is 2.38. The van der Waals surface area contributed by atoms with Crippen LogP contribution in [0.4, 0.5) is 5.69 Å². The third-order valence-electron chi connectivity index (χ3n) is 2.50. The number of amidine groups is 1. The van der Waals surface area contributed by atoms with Crippen molar-refractivity contribution in [1.29, 1.82) is 0 Å². The van der Waals surface area contributed by atoms with Crippen LogP contribution in [-0.2, 0) is 0 Å². The fraction of sp³-hybridized carbons (Fsp3) is 0.100. The lowest BCUT2D eigenvalue weighted by Crippen LogP contribution is -2.18. The van der Waals surface area contributed by atoms with Crippen molar-refractivity contribution in [3.05, 3.63) is 44.9 Å². The zero-order valence-corrected chi connectivity index (χ0v) is 10.9. The SMILES string of the molecule is Cc1nn(-c2ncc([N+](=O)[O-])cc2C(N)=NO)cc1Cl. The first kappa shape index (κ1) is 13.7. The number of halogens is 1. The Hall–Kier alpha value is -2.68. The average Bonchev–Trinajstić information content (AvgIpc) is 2.77. The second-order valence-corrected chi connectivity index (χ2v) is 4.22. The van der Waals surface area contributed by atoms with Gasteiger partial charge in [0.05, 0.1) is 27.4 Å². The molecule has 0 bridgehead atoms. The molecule has 10 heteroatoms. The second kappa shape index (κ2) is 5.13. The lowest BCUT2D eigenvalue weighted by atomic mass is 10.2. The molecule has 0 aliphatic rings. The molecule has 0 spiro atoms. The Morgan fingerprint density at radius 2 is 2.35 bits per heavy atom. The zero-order valence-electron chi connectivity index (χ0n) is 10.2. The van der Waals surface area contributed by atoms with Crippen LogP contribution in [0.25, 0.3) is 5.82 Å². The number of oxime groups is 1. The summed E-state index contributed by atoms with van der Waals surface area (Å²) in [7, 11) is 0. The molecule has 2 rings (SSSR count). The number of pyridine rings is 1. The topological polar surface area (TPSA) is 132 Å². The van der Waals surface area contributed by atoms with Crippen molar-refractivity contribution in [2.45, 2.75) is 6.92 Å². The lowest BCUT2D eigenvalue weighted by molar-refractivity contribution is -0.385. The van der Waals surface area contributed by atoms with Gasteiger partial charge < -0.3 is 10.9 Å². The van der Waals surface area contributed by atoms with Crippen molar-refractivity contribution < 1.29 is 10.1 Å². The van der Waals surface area contributed by atoms with Gasteiger partial charge in [0, 0.05) is 6.07 Å². The minimum Gasteiger partial charge on any atom is -0.409 e. The van der Waals surface area contributed by atoms with Crippen LogP contribution < -0.4 is 5.73 Å². The average molecular weight is 297 g/mol. The summed E-state index contributed by atoms with van der Waals surface area (Å²) in [5, 5.41) is 26.8. The summed E-state index contributed by atoms with van der Waals surface area (Å²) >= 11 is 5.90. The van der Waals surface area contributed by atoms with Crippen molar-refractivity contribution in [3.8, 4) is 5.82 Å². The van der Waals surface area contributed by atoms with E-state index in [1.54, 1.807) is 6.92 Å². The van der Waals surface area contributed by atoms with Crippen LogP contribution in [0.3, 0.4) is 0 Å². The van der Waals surface area contributed by atoms with Crippen LogP contribution in [0.15, 0.2) is 23.6 Å². The van der Waals surface area contributed by atoms with E-state index in [1.807, 2.05) is 0 Å². The lowest BCUT2D eigenvalue weighted by Gasteiger charge is -2.06. The van der Waals surface area contributed by atoms with Gasteiger partial charge in [-0.2, -0.15) is 5.10 Å².